The molecule has 0 aromatic carbocycles. The number of hydrogen-bond donors (Lipinski definition) is 1. The van der Waals surface area contributed by atoms with Crippen molar-refractivity contribution < 1.29 is 4.74 Å². The third kappa shape index (κ3) is 2.04. The molecular formula is C10H9ClN4O. The van der Waals surface area contributed by atoms with Crippen LogP contribution in [0.3, 0.4) is 0 Å². The summed E-state index contributed by atoms with van der Waals surface area (Å²) in [6.45, 7) is 1.83. The van der Waals surface area contributed by atoms with Gasteiger partial charge < -0.3 is 10.5 Å². The van der Waals surface area contributed by atoms with Crippen molar-refractivity contribution in [3.8, 4) is 11.6 Å². The van der Waals surface area contributed by atoms with Crippen LogP contribution < -0.4 is 10.5 Å². The number of pyridine rings is 1. The molecule has 5 nitrogen and oxygen atoms in total. The van der Waals surface area contributed by atoms with Gasteiger partial charge >= 0.3 is 0 Å². The molecule has 0 spiro atoms. The molecule has 0 aliphatic carbocycles. The highest BCUT2D eigenvalue weighted by atomic mass is 35.5. The maximum absolute atomic E-state index is 5.75. The Morgan fingerprint density at radius 1 is 1.31 bits per heavy atom. The van der Waals surface area contributed by atoms with Crippen molar-refractivity contribution >= 4 is 17.3 Å². The highest BCUT2D eigenvalue weighted by Gasteiger charge is 2.09. The van der Waals surface area contributed by atoms with E-state index in [4.69, 9.17) is 22.1 Å². The van der Waals surface area contributed by atoms with Gasteiger partial charge in [-0.3, -0.25) is 4.98 Å². The van der Waals surface area contributed by atoms with Crippen LogP contribution in [0.25, 0.3) is 0 Å². The minimum Gasteiger partial charge on any atom is -0.435 e. The van der Waals surface area contributed by atoms with Crippen molar-refractivity contribution in [1.29, 1.82) is 0 Å². The lowest BCUT2D eigenvalue weighted by Gasteiger charge is -2.08. The van der Waals surface area contributed by atoms with Crippen LogP contribution in [0, 0.1) is 6.92 Å². The molecular weight excluding hydrogens is 228 g/mol. The van der Waals surface area contributed by atoms with Gasteiger partial charge in [0.15, 0.2) is 10.9 Å². The molecule has 0 aliphatic rings. The molecule has 82 valence electrons. The molecule has 0 saturated carbocycles. The number of rotatable bonds is 2. The van der Waals surface area contributed by atoms with Crippen molar-refractivity contribution in [1.82, 2.24) is 15.0 Å². The summed E-state index contributed by atoms with van der Waals surface area (Å²) in [6, 6.07) is 3.54. The Morgan fingerprint density at radius 2 is 2.12 bits per heavy atom. The van der Waals surface area contributed by atoms with Gasteiger partial charge in [0.25, 0.3) is 0 Å². The molecule has 0 bridgehead atoms. The van der Waals surface area contributed by atoms with Crippen molar-refractivity contribution in [3.63, 3.8) is 0 Å². The Kier molecular flexibility index (Phi) is 2.87. The summed E-state index contributed by atoms with van der Waals surface area (Å²) in [5.74, 6) is 0.820. The predicted octanol–water partition coefficient (Wildman–Crippen LogP) is 2.21. The van der Waals surface area contributed by atoms with Gasteiger partial charge in [-0.2, -0.15) is 4.98 Å². The summed E-state index contributed by atoms with van der Waals surface area (Å²) in [6.07, 6.45) is 2.97. The smallest absolute Gasteiger partial charge is 0.247 e. The molecule has 2 N–H and O–H groups in total. The standard InChI is InChI=1S/C10H9ClN4O/c1-6-7(3-2-4-13-6)16-10-8(12)9(11)14-5-15-10/h2-5H,12H2,1H3. The van der Waals surface area contributed by atoms with Gasteiger partial charge in [0.1, 0.15) is 12.0 Å². The maximum Gasteiger partial charge on any atom is 0.247 e. The summed E-state index contributed by atoms with van der Waals surface area (Å²) in [7, 11) is 0. The van der Waals surface area contributed by atoms with Gasteiger partial charge in [-0.1, -0.05) is 11.6 Å². The molecule has 0 fully saturated rings. The number of ether oxygens (including phenoxy) is 1. The van der Waals surface area contributed by atoms with E-state index in [9.17, 15) is 0 Å². The number of halogens is 1. The van der Waals surface area contributed by atoms with Gasteiger partial charge in [-0.15, -0.1) is 0 Å². The van der Waals surface area contributed by atoms with Crippen LogP contribution in [0.2, 0.25) is 5.15 Å². The van der Waals surface area contributed by atoms with Crippen LogP contribution in [0.1, 0.15) is 5.69 Å². The van der Waals surface area contributed by atoms with Crippen molar-refractivity contribution in [2.45, 2.75) is 6.92 Å². The van der Waals surface area contributed by atoms with E-state index in [2.05, 4.69) is 15.0 Å². The van der Waals surface area contributed by atoms with E-state index in [1.54, 1.807) is 18.3 Å². The highest BCUT2D eigenvalue weighted by molar-refractivity contribution is 6.32. The van der Waals surface area contributed by atoms with Crippen LogP contribution in [0.4, 0.5) is 5.69 Å². The number of nitrogen functional groups attached to an aromatic ring is 1. The van der Waals surface area contributed by atoms with Crippen LogP contribution in [0.15, 0.2) is 24.7 Å². The van der Waals surface area contributed by atoms with E-state index in [0.717, 1.165) is 5.69 Å². The summed E-state index contributed by atoms with van der Waals surface area (Å²) in [5.41, 5.74) is 6.64. The third-order valence-corrected chi connectivity index (χ3v) is 2.26. The first-order valence-corrected chi connectivity index (χ1v) is 4.91. The van der Waals surface area contributed by atoms with Crippen LogP contribution in [-0.4, -0.2) is 15.0 Å². The minimum atomic E-state index is 0.173. The first-order valence-electron chi connectivity index (χ1n) is 4.54. The first-order chi connectivity index (χ1) is 7.68. The average molecular weight is 237 g/mol. The molecule has 2 aromatic heterocycles. The summed E-state index contributed by atoms with van der Waals surface area (Å²) in [4.78, 5) is 11.7. The maximum atomic E-state index is 5.75. The van der Waals surface area contributed by atoms with Crippen LogP contribution in [-0.2, 0) is 0 Å². The van der Waals surface area contributed by atoms with Crippen molar-refractivity contribution in [2.24, 2.45) is 0 Å². The average Bonchev–Trinajstić information content (AvgIpc) is 2.28. The lowest BCUT2D eigenvalue weighted by molar-refractivity contribution is 0.458. The minimum absolute atomic E-state index is 0.173. The molecule has 0 atom stereocenters. The van der Waals surface area contributed by atoms with Crippen LogP contribution >= 0.6 is 11.6 Å². The lowest BCUT2D eigenvalue weighted by Crippen LogP contribution is -1.98. The highest BCUT2D eigenvalue weighted by Crippen LogP contribution is 2.29. The number of aryl methyl sites for hydroxylation is 1. The Morgan fingerprint density at radius 3 is 2.88 bits per heavy atom. The second-order valence-corrected chi connectivity index (χ2v) is 3.43. The lowest BCUT2D eigenvalue weighted by atomic mass is 10.3. The molecule has 0 aliphatic heterocycles. The Balaban J connectivity index is 2.35. The summed E-state index contributed by atoms with van der Waals surface area (Å²) < 4.78 is 5.50. The number of aromatic nitrogens is 3. The third-order valence-electron chi connectivity index (χ3n) is 1.96. The van der Waals surface area contributed by atoms with Gasteiger partial charge in [-0.25, -0.2) is 4.98 Å². The fourth-order valence-electron chi connectivity index (χ4n) is 1.12. The molecule has 2 rings (SSSR count). The molecule has 6 heteroatoms. The molecule has 0 amide bonds. The zero-order chi connectivity index (χ0) is 11.5. The van der Waals surface area contributed by atoms with Crippen molar-refractivity contribution in [2.75, 3.05) is 5.73 Å². The molecule has 0 radical (unpaired) electrons. The number of anilines is 1. The molecule has 0 unspecified atom stereocenters. The van der Waals surface area contributed by atoms with Gasteiger partial charge in [0.2, 0.25) is 5.88 Å². The molecule has 16 heavy (non-hydrogen) atoms. The number of nitrogens with two attached hydrogens (primary N) is 1. The van der Waals surface area contributed by atoms with Crippen molar-refractivity contribution in [3.05, 3.63) is 35.5 Å². The van der Waals surface area contributed by atoms with Gasteiger partial charge in [0, 0.05) is 6.20 Å². The monoisotopic (exact) mass is 236 g/mol. The Bertz CT molecular complexity index is 518. The Hall–Kier alpha value is -1.88. The van der Waals surface area contributed by atoms with E-state index >= 15 is 0 Å². The van der Waals surface area contributed by atoms with E-state index in [0.29, 0.717) is 5.75 Å². The topological polar surface area (TPSA) is 73.9 Å². The molecule has 2 heterocycles. The van der Waals surface area contributed by atoms with E-state index in [1.165, 1.54) is 6.33 Å². The number of nitrogens with zero attached hydrogens (tertiary/aromatic N) is 3. The van der Waals surface area contributed by atoms with Gasteiger partial charge in [0.05, 0.1) is 5.69 Å². The molecule has 2 aromatic rings. The first kappa shape index (κ1) is 10.6. The summed E-state index contributed by atoms with van der Waals surface area (Å²) >= 11 is 5.75. The predicted molar refractivity (Wildman–Crippen MR) is 60.5 cm³/mol. The normalized spacial score (nSPS) is 10.1. The fraction of sp³-hybridized carbons (Fsp3) is 0.100. The zero-order valence-corrected chi connectivity index (χ0v) is 9.27. The Labute approximate surface area is 97.3 Å². The second kappa shape index (κ2) is 4.32. The van der Waals surface area contributed by atoms with E-state index < -0.39 is 0 Å². The zero-order valence-electron chi connectivity index (χ0n) is 8.51. The number of hydrogen-bond acceptors (Lipinski definition) is 5. The van der Waals surface area contributed by atoms with E-state index in [1.807, 2.05) is 6.92 Å². The fourth-order valence-corrected chi connectivity index (χ4v) is 1.25. The van der Waals surface area contributed by atoms with Crippen LogP contribution in [0.5, 0.6) is 11.6 Å². The quantitative estimate of drug-likeness (QED) is 0.810. The second-order valence-electron chi connectivity index (χ2n) is 3.07. The summed E-state index contributed by atoms with van der Waals surface area (Å²) in [5, 5.41) is 0.173. The largest absolute Gasteiger partial charge is 0.435 e. The molecule has 0 saturated heterocycles. The van der Waals surface area contributed by atoms with Gasteiger partial charge in [-0.05, 0) is 19.1 Å². The SMILES string of the molecule is Cc1ncccc1Oc1ncnc(Cl)c1N. The van der Waals surface area contributed by atoms with E-state index in [-0.39, 0.29) is 16.7 Å².